The van der Waals surface area contributed by atoms with Gasteiger partial charge in [0.25, 0.3) is 5.91 Å². The van der Waals surface area contributed by atoms with Crippen LogP contribution in [0.2, 0.25) is 10.0 Å². The summed E-state index contributed by atoms with van der Waals surface area (Å²) in [6.45, 7) is 2.84. The fourth-order valence-corrected chi connectivity index (χ4v) is 5.04. The number of hydrogen-bond acceptors (Lipinski definition) is 5. The number of nitrogens with one attached hydrogen (secondary N) is 1. The Hall–Kier alpha value is -3.33. The first-order valence-corrected chi connectivity index (χ1v) is 12.5. The van der Waals surface area contributed by atoms with E-state index < -0.39 is 6.04 Å². The van der Waals surface area contributed by atoms with Crippen molar-refractivity contribution in [2.24, 2.45) is 0 Å². The molecule has 1 N–H and O–H groups in total. The SMILES string of the molecule is CNCCN(C(=O)c1nc2cccc(OC)n2c1-c1ccc(F)c(C)c1)C1COc2c1ccc(Cl)c2Cl. The molecule has 1 unspecified atom stereocenters. The summed E-state index contributed by atoms with van der Waals surface area (Å²) in [5, 5.41) is 3.81. The van der Waals surface area contributed by atoms with Crippen molar-refractivity contribution in [2.75, 3.05) is 33.9 Å². The van der Waals surface area contributed by atoms with Crippen LogP contribution in [0.4, 0.5) is 4.39 Å². The quantitative estimate of drug-likeness (QED) is 0.331. The predicted molar refractivity (Wildman–Crippen MR) is 142 cm³/mol. The van der Waals surface area contributed by atoms with E-state index in [-0.39, 0.29) is 24.0 Å². The van der Waals surface area contributed by atoms with Crippen molar-refractivity contribution in [3.63, 3.8) is 0 Å². The molecule has 0 radical (unpaired) electrons. The maximum Gasteiger partial charge on any atom is 0.275 e. The summed E-state index contributed by atoms with van der Waals surface area (Å²) >= 11 is 12.6. The van der Waals surface area contributed by atoms with Gasteiger partial charge in [0.2, 0.25) is 0 Å². The summed E-state index contributed by atoms with van der Waals surface area (Å²) in [4.78, 5) is 20.8. The maximum atomic E-state index is 14.3. The van der Waals surface area contributed by atoms with Crippen LogP contribution in [0.1, 0.15) is 27.7 Å². The Balaban J connectivity index is 1.68. The second-order valence-corrected chi connectivity index (χ2v) is 9.53. The molecule has 2 aromatic heterocycles. The Morgan fingerprint density at radius 2 is 2.08 bits per heavy atom. The zero-order valence-corrected chi connectivity index (χ0v) is 22.0. The highest BCUT2D eigenvalue weighted by molar-refractivity contribution is 6.43. The van der Waals surface area contributed by atoms with E-state index in [1.807, 2.05) is 13.1 Å². The van der Waals surface area contributed by atoms with Gasteiger partial charge in [-0.15, -0.1) is 0 Å². The lowest BCUT2D eigenvalue weighted by Gasteiger charge is -2.28. The topological polar surface area (TPSA) is 68.1 Å². The molecule has 0 saturated carbocycles. The van der Waals surface area contributed by atoms with Crippen LogP contribution in [0.25, 0.3) is 16.9 Å². The molecule has 1 aliphatic heterocycles. The van der Waals surface area contributed by atoms with Gasteiger partial charge in [-0.3, -0.25) is 9.20 Å². The Morgan fingerprint density at radius 1 is 1.27 bits per heavy atom. The number of likely N-dealkylation sites (N-methyl/N-ethyl adjacent to an activating group) is 1. The summed E-state index contributed by atoms with van der Waals surface area (Å²) in [6.07, 6.45) is 0. The summed E-state index contributed by atoms with van der Waals surface area (Å²) in [5.41, 5.74) is 3.15. The molecule has 192 valence electrons. The zero-order valence-electron chi connectivity index (χ0n) is 20.5. The van der Waals surface area contributed by atoms with Gasteiger partial charge < -0.3 is 19.7 Å². The largest absolute Gasteiger partial charge is 0.489 e. The van der Waals surface area contributed by atoms with Gasteiger partial charge in [0, 0.05) is 24.2 Å². The lowest BCUT2D eigenvalue weighted by Crippen LogP contribution is -2.40. The smallest absolute Gasteiger partial charge is 0.275 e. The number of halogens is 3. The molecule has 0 fully saturated rings. The molecule has 0 spiro atoms. The first-order chi connectivity index (χ1) is 17.8. The van der Waals surface area contributed by atoms with Gasteiger partial charge in [-0.1, -0.05) is 35.3 Å². The molecule has 0 aliphatic carbocycles. The molecular weight excluding hydrogens is 518 g/mol. The lowest BCUT2D eigenvalue weighted by atomic mass is 10.0. The zero-order chi connectivity index (χ0) is 26.3. The van der Waals surface area contributed by atoms with Crippen molar-refractivity contribution >= 4 is 34.8 Å². The third-order valence-electron chi connectivity index (χ3n) is 6.52. The van der Waals surface area contributed by atoms with Crippen LogP contribution >= 0.6 is 23.2 Å². The number of aromatic nitrogens is 2. The average molecular weight is 543 g/mol. The third kappa shape index (κ3) is 4.39. The number of methoxy groups -OCH3 is 1. The standard InChI is InChI=1S/C27H25Cl2FN4O3/c1-15-13-16(7-10-19(15)30)25-24(32-21-5-4-6-22(36-3)34(21)25)27(35)33(12-11-31-2)20-14-37-26-17(20)8-9-18(28)23(26)29/h4-10,13,20,31H,11-12,14H2,1-3H3. The van der Waals surface area contributed by atoms with Gasteiger partial charge >= 0.3 is 0 Å². The first kappa shape index (κ1) is 25.3. The third-order valence-corrected chi connectivity index (χ3v) is 7.30. The number of rotatable bonds is 7. The molecule has 4 aromatic rings. The van der Waals surface area contributed by atoms with Gasteiger partial charge in [0.15, 0.2) is 11.6 Å². The van der Waals surface area contributed by atoms with E-state index in [1.54, 1.807) is 59.7 Å². The van der Waals surface area contributed by atoms with E-state index in [1.165, 1.54) is 6.07 Å². The summed E-state index contributed by atoms with van der Waals surface area (Å²) < 4.78 is 27.4. The number of benzene rings is 2. The number of aryl methyl sites for hydroxylation is 1. The van der Waals surface area contributed by atoms with Gasteiger partial charge in [-0.05, 0) is 55.9 Å². The molecule has 1 atom stereocenters. The molecule has 2 aromatic carbocycles. The summed E-state index contributed by atoms with van der Waals surface area (Å²) in [5.74, 6) is 0.347. The summed E-state index contributed by atoms with van der Waals surface area (Å²) in [7, 11) is 3.37. The number of carbonyl (C=O) groups excluding carboxylic acids is 1. The van der Waals surface area contributed by atoms with Gasteiger partial charge in [0.05, 0.1) is 23.9 Å². The van der Waals surface area contributed by atoms with E-state index in [0.29, 0.717) is 57.2 Å². The number of ether oxygens (including phenoxy) is 2. The lowest BCUT2D eigenvalue weighted by molar-refractivity contribution is 0.0648. The maximum absolute atomic E-state index is 14.3. The van der Waals surface area contributed by atoms with Gasteiger partial charge in [-0.25, -0.2) is 9.37 Å². The van der Waals surface area contributed by atoms with Crippen molar-refractivity contribution < 1.29 is 18.7 Å². The molecule has 1 aliphatic rings. The van der Waals surface area contributed by atoms with E-state index >= 15 is 0 Å². The van der Waals surface area contributed by atoms with Crippen molar-refractivity contribution in [3.05, 3.63) is 81.2 Å². The van der Waals surface area contributed by atoms with Crippen LogP contribution in [0, 0.1) is 12.7 Å². The Morgan fingerprint density at radius 3 is 2.81 bits per heavy atom. The molecule has 0 saturated heterocycles. The van der Waals surface area contributed by atoms with Crippen LogP contribution < -0.4 is 14.8 Å². The van der Waals surface area contributed by atoms with Crippen LogP contribution in [-0.2, 0) is 0 Å². The van der Waals surface area contributed by atoms with E-state index in [9.17, 15) is 9.18 Å². The number of fused-ring (bicyclic) bond motifs is 2. The molecule has 3 heterocycles. The molecule has 1 amide bonds. The predicted octanol–water partition coefficient (Wildman–Crippen LogP) is 5.56. The monoisotopic (exact) mass is 542 g/mol. The molecule has 7 nitrogen and oxygen atoms in total. The van der Waals surface area contributed by atoms with E-state index in [0.717, 1.165) is 5.56 Å². The molecule has 10 heteroatoms. The minimum atomic E-state index is -0.403. The highest BCUT2D eigenvalue weighted by atomic mass is 35.5. The molecule has 37 heavy (non-hydrogen) atoms. The second-order valence-electron chi connectivity index (χ2n) is 8.74. The Labute approximate surface area is 223 Å². The normalized spacial score (nSPS) is 14.5. The number of pyridine rings is 1. The van der Waals surface area contributed by atoms with Crippen LogP contribution in [0.3, 0.4) is 0 Å². The van der Waals surface area contributed by atoms with Gasteiger partial charge in [0.1, 0.15) is 28.8 Å². The number of hydrogen-bond donors (Lipinski definition) is 1. The van der Waals surface area contributed by atoms with Crippen molar-refractivity contribution in [1.82, 2.24) is 19.6 Å². The van der Waals surface area contributed by atoms with Gasteiger partial charge in [-0.2, -0.15) is 0 Å². The van der Waals surface area contributed by atoms with Crippen molar-refractivity contribution in [3.8, 4) is 22.9 Å². The summed E-state index contributed by atoms with van der Waals surface area (Å²) in [6, 6.07) is 13.3. The number of imidazole rings is 1. The van der Waals surface area contributed by atoms with Crippen molar-refractivity contribution in [1.29, 1.82) is 0 Å². The molecule has 5 rings (SSSR count). The fraction of sp³-hybridized carbons (Fsp3) is 0.259. The van der Waals surface area contributed by atoms with E-state index in [2.05, 4.69) is 5.32 Å². The van der Waals surface area contributed by atoms with E-state index in [4.69, 9.17) is 37.7 Å². The molecule has 0 bridgehead atoms. The Bertz CT molecular complexity index is 1510. The number of amides is 1. The first-order valence-electron chi connectivity index (χ1n) is 11.7. The minimum Gasteiger partial charge on any atom is -0.489 e. The highest BCUT2D eigenvalue weighted by Crippen LogP contribution is 2.44. The highest BCUT2D eigenvalue weighted by Gasteiger charge is 2.37. The fourth-order valence-electron chi connectivity index (χ4n) is 4.66. The van der Waals surface area contributed by atoms with Crippen LogP contribution in [0.5, 0.6) is 11.6 Å². The minimum absolute atomic E-state index is 0.222. The van der Waals surface area contributed by atoms with Crippen LogP contribution in [0.15, 0.2) is 48.5 Å². The number of nitrogens with zero attached hydrogens (tertiary/aromatic N) is 3. The van der Waals surface area contributed by atoms with Crippen molar-refractivity contribution in [2.45, 2.75) is 13.0 Å². The second kappa shape index (κ2) is 10.2. The number of carbonyl (C=O) groups is 1. The molecular formula is C27H25Cl2FN4O3. The Kier molecular flexibility index (Phi) is 6.98. The average Bonchev–Trinajstić information content (AvgIpc) is 3.50. The van der Waals surface area contributed by atoms with Crippen LogP contribution in [-0.4, -0.2) is 54.0 Å².